The standard InChI is InChI=1S/C16H32BrNO/c1-4-8-16(13-17,9-5-2)14-18(3)11-15-7-6-10-19-12-15/h15H,4-14H2,1-3H3. The molecule has 3 heteroatoms. The summed E-state index contributed by atoms with van der Waals surface area (Å²) in [6.45, 7) is 8.97. The van der Waals surface area contributed by atoms with Gasteiger partial charge in [0.15, 0.2) is 0 Å². The molecule has 1 heterocycles. The van der Waals surface area contributed by atoms with E-state index in [0.29, 0.717) is 5.41 Å². The molecule has 0 bridgehead atoms. The van der Waals surface area contributed by atoms with E-state index < -0.39 is 0 Å². The molecule has 0 aromatic rings. The molecule has 19 heavy (non-hydrogen) atoms. The molecule has 0 aliphatic carbocycles. The largest absolute Gasteiger partial charge is 0.381 e. The van der Waals surface area contributed by atoms with Gasteiger partial charge in [0.25, 0.3) is 0 Å². The summed E-state index contributed by atoms with van der Waals surface area (Å²) in [4.78, 5) is 2.55. The van der Waals surface area contributed by atoms with E-state index in [0.717, 1.165) is 24.5 Å². The van der Waals surface area contributed by atoms with Crippen molar-refractivity contribution >= 4 is 15.9 Å². The van der Waals surface area contributed by atoms with Gasteiger partial charge in [-0.3, -0.25) is 0 Å². The highest BCUT2D eigenvalue weighted by molar-refractivity contribution is 9.09. The van der Waals surface area contributed by atoms with E-state index in [4.69, 9.17) is 4.74 Å². The Hall–Kier alpha value is 0.400. The third-order valence-corrected chi connectivity index (χ3v) is 5.46. The minimum Gasteiger partial charge on any atom is -0.381 e. The van der Waals surface area contributed by atoms with Crippen molar-refractivity contribution < 1.29 is 4.74 Å². The maximum atomic E-state index is 5.60. The van der Waals surface area contributed by atoms with E-state index in [-0.39, 0.29) is 0 Å². The summed E-state index contributed by atoms with van der Waals surface area (Å²) in [6, 6.07) is 0. The van der Waals surface area contributed by atoms with Crippen molar-refractivity contribution in [1.29, 1.82) is 0 Å². The lowest BCUT2D eigenvalue weighted by molar-refractivity contribution is 0.0355. The highest BCUT2D eigenvalue weighted by Crippen LogP contribution is 2.33. The molecule has 0 N–H and O–H groups in total. The fourth-order valence-electron chi connectivity index (χ4n) is 3.55. The zero-order valence-corrected chi connectivity index (χ0v) is 14.7. The molecule has 1 saturated heterocycles. The third kappa shape index (κ3) is 6.14. The van der Waals surface area contributed by atoms with Gasteiger partial charge < -0.3 is 9.64 Å². The molecule has 1 unspecified atom stereocenters. The van der Waals surface area contributed by atoms with E-state index in [2.05, 4.69) is 41.7 Å². The van der Waals surface area contributed by atoms with Gasteiger partial charge >= 0.3 is 0 Å². The zero-order chi connectivity index (χ0) is 14.1. The van der Waals surface area contributed by atoms with Crippen LogP contribution in [0.15, 0.2) is 0 Å². The fourth-order valence-corrected chi connectivity index (χ4v) is 4.29. The smallest absolute Gasteiger partial charge is 0.0506 e. The molecular weight excluding hydrogens is 302 g/mol. The van der Waals surface area contributed by atoms with Crippen LogP contribution in [-0.2, 0) is 4.74 Å². The second-order valence-electron chi connectivity index (χ2n) is 6.41. The molecule has 2 nitrogen and oxygen atoms in total. The first-order valence-electron chi connectivity index (χ1n) is 7.98. The monoisotopic (exact) mass is 333 g/mol. The third-order valence-electron chi connectivity index (χ3n) is 4.27. The van der Waals surface area contributed by atoms with E-state index in [9.17, 15) is 0 Å². The van der Waals surface area contributed by atoms with Crippen LogP contribution in [0.1, 0.15) is 52.4 Å². The van der Waals surface area contributed by atoms with Crippen LogP contribution in [0, 0.1) is 11.3 Å². The van der Waals surface area contributed by atoms with Crippen molar-refractivity contribution in [3.8, 4) is 0 Å². The van der Waals surface area contributed by atoms with Crippen molar-refractivity contribution in [2.24, 2.45) is 11.3 Å². The first-order chi connectivity index (χ1) is 9.15. The van der Waals surface area contributed by atoms with E-state index >= 15 is 0 Å². The van der Waals surface area contributed by atoms with E-state index in [1.807, 2.05) is 0 Å². The highest BCUT2D eigenvalue weighted by Gasteiger charge is 2.29. The lowest BCUT2D eigenvalue weighted by atomic mass is 9.80. The van der Waals surface area contributed by atoms with Crippen molar-refractivity contribution in [3.05, 3.63) is 0 Å². The first kappa shape index (κ1) is 17.5. The number of rotatable bonds is 9. The van der Waals surface area contributed by atoms with Gasteiger partial charge in [0.05, 0.1) is 6.61 Å². The van der Waals surface area contributed by atoms with Gasteiger partial charge in [-0.1, -0.05) is 42.6 Å². The molecule has 0 amide bonds. The molecule has 1 aliphatic heterocycles. The molecule has 0 spiro atoms. The van der Waals surface area contributed by atoms with Gasteiger partial charge in [0.2, 0.25) is 0 Å². The van der Waals surface area contributed by atoms with Crippen LogP contribution >= 0.6 is 15.9 Å². The number of nitrogens with zero attached hydrogens (tertiary/aromatic N) is 1. The number of hydrogen-bond acceptors (Lipinski definition) is 2. The Morgan fingerprint density at radius 2 is 1.95 bits per heavy atom. The van der Waals surface area contributed by atoms with Gasteiger partial charge in [-0.05, 0) is 44.1 Å². The molecule has 0 radical (unpaired) electrons. The van der Waals surface area contributed by atoms with Gasteiger partial charge in [-0.25, -0.2) is 0 Å². The van der Waals surface area contributed by atoms with Crippen LogP contribution in [0.25, 0.3) is 0 Å². The zero-order valence-electron chi connectivity index (χ0n) is 13.1. The lowest BCUT2D eigenvalue weighted by Gasteiger charge is -2.37. The Labute approximate surface area is 128 Å². The second kappa shape index (κ2) is 9.36. The number of halogens is 1. The van der Waals surface area contributed by atoms with Crippen LogP contribution in [0.5, 0.6) is 0 Å². The molecule has 1 rings (SSSR count). The maximum absolute atomic E-state index is 5.60. The first-order valence-corrected chi connectivity index (χ1v) is 9.10. The molecule has 1 aliphatic rings. The molecule has 0 aromatic carbocycles. The molecule has 1 fully saturated rings. The number of ether oxygens (including phenoxy) is 1. The van der Waals surface area contributed by atoms with Gasteiger partial charge in [0.1, 0.15) is 0 Å². The number of hydrogen-bond donors (Lipinski definition) is 0. The Morgan fingerprint density at radius 1 is 1.26 bits per heavy atom. The molecule has 1 atom stereocenters. The fraction of sp³-hybridized carbons (Fsp3) is 1.00. The molecule has 0 saturated carbocycles. The SMILES string of the molecule is CCCC(CBr)(CCC)CN(C)CC1CCCOC1. The summed E-state index contributed by atoms with van der Waals surface area (Å²) in [5.41, 5.74) is 0.466. The Kier molecular flexibility index (Phi) is 8.59. The van der Waals surface area contributed by atoms with Crippen LogP contribution in [0.3, 0.4) is 0 Å². The lowest BCUT2D eigenvalue weighted by Crippen LogP contribution is -2.40. The van der Waals surface area contributed by atoms with E-state index in [1.54, 1.807) is 0 Å². The summed E-state index contributed by atoms with van der Waals surface area (Å²) < 4.78 is 5.60. The highest BCUT2D eigenvalue weighted by atomic mass is 79.9. The number of alkyl halides is 1. The predicted octanol–water partition coefficient (Wildman–Crippen LogP) is 4.33. The van der Waals surface area contributed by atoms with Gasteiger partial charge in [-0.2, -0.15) is 0 Å². The Morgan fingerprint density at radius 3 is 2.42 bits per heavy atom. The van der Waals surface area contributed by atoms with E-state index in [1.165, 1.54) is 51.6 Å². The van der Waals surface area contributed by atoms with Crippen LogP contribution in [0.2, 0.25) is 0 Å². The Balaban J connectivity index is 2.46. The van der Waals surface area contributed by atoms with Crippen LogP contribution in [0.4, 0.5) is 0 Å². The maximum Gasteiger partial charge on any atom is 0.0506 e. The summed E-state index contributed by atoms with van der Waals surface area (Å²) in [5, 5.41) is 1.13. The normalized spacial score (nSPS) is 21.0. The average molecular weight is 334 g/mol. The van der Waals surface area contributed by atoms with Gasteiger partial charge in [-0.15, -0.1) is 0 Å². The molecule has 0 aromatic heterocycles. The second-order valence-corrected chi connectivity index (χ2v) is 6.97. The minimum absolute atomic E-state index is 0.466. The summed E-state index contributed by atoms with van der Waals surface area (Å²) in [7, 11) is 2.29. The van der Waals surface area contributed by atoms with Crippen molar-refractivity contribution in [1.82, 2.24) is 4.90 Å². The topological polar surface area (TPSA) is 12.5 Å². The summed E-state index contributed by atoms with van der Waals surface area (Å²) in [6.07, 6.45) is 7.81. The van der Waals surface area contributed by atoms with Crippen molar-refractivity contribution in [2.75, 3.05) is 38.7 Å². The quantitative estimate of drug-likeness (QED) is 0.582. The minimum atomic E-state index is 0.466. The summed E-state index contributed by atoms with van der Waals surface area (Å²) >= 11 is 3.78. The van der Waals surface area contributed by atoms with Crippen molar-refractivity contribution in [2.45, 2.75) is 52.4 Å². The average Bonchev–Trinajstić information content (AvgIpc) is 2.40. The molecule has 114 valence electrons. The predicted molar refractivity (Wildman–Crippen MR) is 87.1 cm³/mol. The van der Waals surface area contributed by atoms with Crippen molar-refractivity contribution in [3.63, 3.8) is 0 Å². The Bertz CT molecular complexity index is 223. The van der Waals surface area contributed by atoms with Crippen LogP contribution < -0.4 is 0 Å². The van der Waals surface area contributed by atoms with Gasteiger partial charge in [0, 0.05) is 25.0 Å². The van der Waals surface area contributed by atoms with Crippen LogP contribution in [-0.4, -0.2) is 43.6 Å². The summed E-state index contributed by atoms with van der Waals surface area (Å²) in [5.74, 6) is 0.745. The molecular formula is C16H32BrNO.